The highest BCUT2D eigenvalue weighted by Crippen LogP contribution is 2.23. The number of carbonyl (C=O) groups excluding carboxylic acids is 2. The summed E-state index contributed by atoms with van der Waals surface area (Å²) in [5.74, 6) is 0.212. The monoisotopic (exact) mass is 678 g/mol. The predicted octanol–water partition coefficient (Wildman–Crippen LogP) is 4.48. The summed E-state index contributed by atoms with van der Waals surface area (Å²) in [6, 6.07) is 19.8. The largest absolute Gasteiger partial charge is 0.485 e. The molecule has 2 aromatic carbocycles. The smallest absolute Gasteiger partial charge is 0.408 e. The molecule has 1 heterocycles. The van der Waals surface area contributed by atoms with Gasteiger partial charge in [-0.1, -0.05) is 48.5 Å². The molecule has 0 aliphatic heterocycles. The average Bonchev–Trinajstić information content (AvgIpc) is 3.02. The van der Waals surface area contributed by atoms with Gasteiger partial charge in [0.05, 0.1) is 24.3 Å². The number of carbonyl (C=O) groups is 3. The van der Waals surface area contributed by atoms with Crippen molar-refractivity contribution in [1.82, 2.24) is 20.5 Å². The number of aliphatic hydroxyl groups excluding tert-OH is 2. The van der Waals surface area contributed by atoms with Gasteiger partial charge in [0, 0.05) is 24.8 Å². The number of hydrogen-bond acceptors (Lipinski definition) is 9. The van der Waals surface area contributed by atoms with Crippen molar-refractivity contribution in [1.29, 1.82) is 0 Å². The minimum atomic E-state index is -1.15. The number of rotatable bonds is 16. The van der Waals surface area contributed by atoms with Gasteiger partial charge < -0.3 is 35.4 Å². The molecular weight excluding hydrogens is 628 g/mol. The minimum absolute atomic E-state index is 0.0170. The van der Waals surface area contributed by atoms with Crippen molar-refractivity contribution in [2.45, 2.75) is 89.8 Å². The normalized spacial score (nSPS) is 14.2. The first-order valence-electron chi connectivity index (χ1n) is 16.3. The summed E-state index contributed by atoms with van der Waals surface area (Å²) in [5, 5.41) is 38.5. The Morgan fingerprint density at radius 3 is 2.00 bits per heavy atom. The zero-order valence-electron chi connectivity index (χ0n) is 29.1. The number of ether oxygens (including phenoxy) is 2. The van der Waals surface area contributed by atoms with E-state index in [0.717, 1.165) is 11.1 Å². The first-order valence-corrected chi connectivity index (χ1v) is 16.3. The van der Waals surface area contributed by atoms with Crippen LogP contribution < -0.4 is 15.4 Å². The summed E-state index contributed by atoms with van der Waals surface area (Å²) in [7, 11) is 0. The van der Waals surface area contributed by atoms with Crippen molar-refractivity contribution in [3.8, 4) is 5.75 Å². The predicted molar refractivity (Wildman–Crippen MR) is 186 cm³/mol. The number of pyridine rings is 1. The first-order chi connectivity index (χ1) is 23.0. The maximum Gasteiger partial charge on any atom is 0.408 e. The van der Waals surface area contributed by atoms with Crippen LogP contribution in [0.15, 0.2) is 79.0 Å². The van der Waals surface area contributed by atoms with Crippen LogP contribution in [-0.4, -0.2) is 98.3 Å². The fourth-order valence-electron chi connectivity index (χ4n) is 5.31. The van der Waals surface area contributed by atoms with E-state index in [1.54, 1.807) is 90.2 Å². The van der Waals surface area contributed by atoms with E-state index in [1.165, 1.54) is 4.90 Å². The van der Waals surface area contributed by atoms with Crippen molar-refractivity contribution in [2.75, 3.05) is 19.7 Å². The van der Waals surface area contributed by atoms with E-state index in [2.05, 4.69) is 15.6 Å². The molecule has 0 saturated heterocycles. The van der Waals surface area contributed by atoms with Crippen LogP contribution in [0.25, 0.3) is 0 Å². The molecule has 0 saturated carbocycles. The average molecular weight is 679 g/mol. The standard InChI is InChI=1S/C37H50N4O8/c1-36(2,3)41(35(46)47)30(21-25-12-8-7-9-13-25)32(43)23-38-22-31(42)29(40-34(45)49-37(4,5)6)20-26-15-17-27(18-16-26)48-24-33(44)28-14-10-11-19-39-28/h7-19,29-32,38,42-43H,20-24H2,1-6H3,(H,40,45)(H,46,47)/t29-,30-,31+,32+/m0/s1. The Kier molecular flexibility index (Phi) is 14.1. The van der Waals surface area contributed by atoms with Gasteiger partial charge in [-0.15, -0.1) is 0 Å². The van der Waals surface area contributed by atoms with Gasteiger partial charge in [-0.2, -0.15) is 0 Å². The Hall–Kier alpha value is -4.52. The molecule has 266 valence electrons. The van der Waals surface area contributed by atoms with Gasteiger partial charge in [0.1, 0.15) is 17.0 Å². The van der Waals surface area contributed by atoms with E-state index in [4.69, 9.17) is 9.47 Å². The van der Waals surface area contributed by atoms with Gasteiger partial charge >= 0.3 is 12.2 Å². The van der Waals surface area contributed by atoms with Gasteiger partial charge in [-0.25, -0.2) is 9.59 Å². The highest BCUT2D eigenvalue weighted by Gasteiger charge is 2.37. The fourth-order valence-corrected chi connectivity index (χ4v) is 5.31. The number of Topliss-reactive ketones (excluding diaryl/α,β-unsaturated/α-hetero) is 1. The third-order valence-electron chi connectivity index (χ3n) is 7.57. The van der Waals surface area contributed by atoms with Gasteiger partial charge in [0.25, 0.3) is 0 Å². The molecule has 12 heteroatoms. The summed E-state index contributed by atoms with van der Waals surface area (Å²) in [6.07, 6.45) is -2.02. The van der Waals surface area contributed by atoms with Gasteiger partial charge in [-0.3, -0.25) is 14.7 Å². The van der Waals surface area contributed by atoms with Crippen LogP contribution in [0.5, 0.6) is 5.75 Å². The SMILES string of the molecule is CC(C)(C)OC(=O)N[C@@H](Cc1ccc(OCC(=O)c2ccccn2)cc1)[C@H](O)CNC[C@@H](O)[C@H](Cc1ccccc1)N(C(=O)O)C(C)(C)C. The van der Waals surface area contributed by atoms with Crippen molar-refractivity contribution in [3.05, 3.63) is 95.8 Å². The summed E-state index contributed by atoms with van der Waals surface area (Å²) in [5.41, 5.74) is 0.410. The number of hydrogen-bond donors (Lipinski definition) is 5. The summed E-state index contributed by atoms with van der Waals surface area (Å²) < 4.78 is 11.1. The van der Waals surface area contributed by atoms with Gasteiger partial charge in [0.15, 0.2) is 6.61 Å². The van der Waals surface area contributed by atoms with Crippen molar-refractivity contribution in [3.63, 3.8) is 0 Å². The lowest BCUT2D eigenvalue weighted by molar-refractivity contribution is 0.00615. The second-order valence-corrected chi connectivity index (χ2v) is 13.9. The molecule has 0 bridgehead atoms. The topological polar surface area (TPSA) is 171 Å². The number of aromatic nitrogens is 1. The number of alkyl carbamates (subject to hydrolysis) is 1. The number of nitrogens with zero attached hydrogens (tertiary/aromatic N) is 2. The van der Waals surface area contributed by atoms with E-state index in [1.807, 2.05) is 30.3 Å². The molecule has 0 unspecified atom stereocenters. The second-order valence-electron chi connectivity index (χ2n) is 13.9. The van der Waals surface area contributed by atoms with Crippen LogP contribution in [0.2, 0.25) is 0 Å². The molecule has 4 atom stereocenters. The fraction of sp³-hybridized carbons (Fsp3) is 0.459. The Morgan fingerprint density at radius 1 is 0.816 bits per heavy atom. The van der Waals surface area contributed by atoms with E-state index >= 15 is 0 Å². The minimum Gasteiger partial charge on any atom is -0.485 e. The lowest BCUT2D eigenvalue weighted by Crippen LogP contribution is -2.58. The molecule has 2 amide bonds. The Morgan fingerprint density at radius 2 is 1.43 bits per heavy atom. The van der Waals surface area contributed by atoms with Crippen LogP contribution in [0, 0.1) is 0 Å². The van der Waals surface area contributed by atoms with Crippen LogP contribution in [0.1, 0.15) is 63.2 Å². The Labute approximate surface area is 288 Å². The number of ketones is 1. The Bertz CT molecular complexity index is 1470. The van der Waals surface area contributed by atoms with Crippen molar-refractivity contribution in [2.24, 2.45) is 0 Å². The lowest BCUT2D eigenvalue weighted by Gasteiger charge is -2.42. The van der Waals surface area contributed by atoms with Crippen molar-refractivity contribution < 1.29 is 39.2 Å². The summed E-state index contributed by atoms with van der Waals surface area (Å²) in [4.78, 5) is 42.7. The molecule has 0 fully saturated rings. The number of nitrogens with one attached hydrogen (secondary N) is 2. The van der Waals surface area contributed by atoms with Crippen LogP contribution in [0.4, 0.5) is 9.59 Å². The second kappa shape index (κ2) is 17.8. The van der Waals surface area contributed by atoms with Gasteiger partial charge in [-0.05, 0) is 89.8 Å². The quantitative estimate of drug-likeness (QED) is 0.136. The molecule has 3 rings (SSSR count). The lowest BCUT2D eigenvalue weighted by atomic mass is 9.94. The zero-order valence-corrected chi connectivity index (χ0v) is 29.1. The number of amides is 2. The summed E-state index contributed by atoms with van der Waals surface area (Å²) >= 11 is 0. The highest BCUT2D eigenvalue weighted by molar-refractivity contribution is 5.95. The molecule has 0 radical (unpaired) electrons. The van der Waals surface area contributed by atoms with Crippen LogP contribution >= 0.6 is 0 Å². The Balaban J connectivity index is 1.68. The van der Waals surface area contributed by atoms with Gasteiger partial charge in [0.2, 0.25) is 5.78 Å². The number of carboxylic acid groups (broad SMARTS) is 1. The maximum absolute atomic E-state index is 12.7. The van der Waals surface area contributed by atoms with E-state index in [-0.39, 0.29) is 38.3 Å². The van der Waals surface area contributed by atoms with E-state index in [0.29, 0.717) is 11.4 Å². The molecule has 0 spiro atoms. The van der Waals surface area contributed by atoms with E-state index < -0.39 is 47.6 Å². The van der Waals surface area contributed by atoms with Crippen LogP contribution in [0.3, 0.4) is 0 Å². The molecule has 12 nitrogen and oxygen atoms in total. The maximum atomic E-state index is 12.7. The zero-order chi connectivity index (χ0) is 36.2. The molecular formula is C37H50N4O8. The highest BCUT2D eigenvalue weighted by atomic mass is 16.6. The number of benzene rings is 2. The van der Waals surface area contributed by atoms with E-state index in [9.17, 15) is 29.7 Å². The molecule has 49 heavy (non-hydrogen) atoms. The van der Waals surface area contributed by atoms with Crippen molar-refractivity contribution >= 4 is 18.0 Å². The molecule has 5 N–H and O–H groups in total. The number of aliphatic hydroxyl groups is 2. The third-order valence-corrected chi connectivity index (χ3v) is 7.57. The summed E-state index contributed by atoms with van der Waals surface area (Å²) in [6.45, 7) is 10.3. The molecule has 1 aromatic heterocycles. The third kappa shape index (κ3) is 13.1. The molecule has 3 aromatic rings. The molecule has 0 aliphatic rings. The van der Waals surface area contributed by atoms with Crippen LogP contribution in [-0.2, 0) is 17.6 Å². The first kappa shape index (κ1) is 38.9. The molecule has 0 aliphatic carbocycles.